The number of aliphatic hydroxyl groups excluding tert-OH is 3. The first-order valence-electron chi connectivity index (χ1n) is 14.4. The predicted octanol–water partition coefficient (Wildman–Crippen LogP) is 2.97. The number of aliphatic hydroxyl groups is 3. The van der Waals surface area contributed by atoms with Crippen LogP contribution < -0.4 is 0 Å². The van der Waals surface area contributed by atoms with Crippen molar-refractivity contribution < 1.29 is 48.5 Å². The largest absolute Gasteiger partial charge is 0.453 e. The van der Waals surface area contributed by atoms with Crippen molar-refractivity contribution in [2.45, 2.75) is 88.5 Å². The van der Waals surface area contributed by atoms with E-state index in [1.807, 2.05) is 60.7 Å². The Bertz CT molecular complexity index is 1280. The van der Waals surface area contributed by atoms with Crippen LogP contribution >= 0.6 is 0 Å². The van der Waals surface area contributed by atoms with Crippen molar-refractivity contribution >= 4 is 5.97 Å². The molecule has 3 aromatic rings. The maximum absolute atomic E-state index is 13.1. The number of rotatable bonds is 10. The van der Waals surface area contributed by atoms with Gasteiger partial charge in [0.25, 0.3) is 0 Å². The van der Waals surface area contributed by atoms with E-state index in [0.717, 1.165) is 11.1 Å². The second-order valence-electron chi connectivity index (χ2n) is 10.8. The predicted molar refractivity (Wildman–Crippen MR) is 153 cm³/mol. The molecule has 5 rings (SSSR count). The van der Waals surface area contributed by atoms with E-state index in [1.165, 1.54) is 0 Å². The second-order valence-corrected chi connectivity index (χ2v) is 10.8. The molecule has 0 unspecified atom stereocenters. The Morgan fingerprint density at radius 3 is 1.72 bits per heavy atom. The molecule has 0 saturated carbocycles. The van der Waals surface area contributed by atoms with Crippen LogP contribution in [0, 0.1) is 0 Å². The van der Waals surface area contributed by atoms with Gasteiger partial charge < -0.3 is 43.7 Å². The summed E-state index contributed by atoms with van der Waals surface area (Å²) >= 11 is 0. The molecule has 3 aromatic carbocycles. The van der Waals surface area contributed by atoms with Gasteiger partial charge in [-0.05, 0) is 37.1 Å². The summed E-state index contributed by atoms with van der Waals surface area (Å²) in [5.41, 5.74) is 1.99. The van der Waals surface area contributed by atoms with Gasteiger partial charge in [0, 0.05) is 0 Å². The van der Waals surface area contributed by atoms with Gasteiger partial charge in [-0.3, -0.25) is 0 Å². The molecular weight excluding hydrogens is 556 g/mol. The van der Waals surface area contributed by atoms with Crippen molar-refractivity contribution in [1.29, 1.82) is 0 Å². The molecule has 0 amide bonds. The molecule has 10 nitrogen and oxygen atoms in total. The fourth-order valence-electron chi connectivity index (χ4n) is 5.20. The van der Waals surface area contributed by atoms with Crippen LogP contribution in [0.25, 0.3) is 0 Å². The zero-order chi connectivity index (χ0) is 30.3. The van der Waals surface area contributed by atoms with Gasteiger partial charge in [0.2, 0.25) is 0 Å². The van der Waals surface area contributed by atoms with Crippen LogP contribution in [0.2, 0.25) is 0 Å². The second kappa shape index (κ2) is 14.5. The monoisotopic (exact) mass is 594 g/mol. The van der Waals surface area contributed by atoms with Crippen LogP contribution in [0.3, 0.4) is 0 Å². The van der Waals surface area contributed by atoms with Crippen molar-refractivity contribution in [2.24, 2.45) is 0 Å². The van der Waals surface area contributed by atoms with Gasteiger partial charge in [-0.25, -0.2) is 4.79 Å². The number of hydrogen-bond donors (Lipinski definition) is 3. The van der Waals surface area contributed by atoms with Gasteiger partial charge in [-0.15, -0.1) is 0 Å². The summed E-state index contributed by atoms with van der Waals surface area (Å²) in [5.74, 6) is -0.648. The quantitative estimate of drug-likeness (QED) is 0.301. The lowest BCUT2D eigenvalue weighted by atomic mass is 9.97. The minimum absolute atomic E-state index is 0.0957. The van der Waals surface area contributed by atoms with Gasteiger partial charge >= 0.3 is 5.97 Å². The molecule has 3 N–H and O–H groups in total. The van der Waals surface area contributed by atoms with Crippen molar-refractivity contribution in [2.75, 3.05) is 0 Å². The number of ether oxygens (including phenoxy) is 6. The van der Waals surface area contributed by atoms with Crippen LogP contribution in [0.4, 0.5) is 0 Å². The maximum atomic E-state index is 13.1. The number of esters is 1. The van der Waals surface area contributed by atoms with E-state index in [-0.39, 0.29) is 13.2 Å². The van der Waals surface area contributed by atoms with Crippen molar-refractivity contribution in [3.63, 3.8) is 0 Å². The molecule has 0 bridgehead atoms. The zero-order valence-corrected chi connectivity index (χ0v) is 24.0. The Morgan fingerprint density at radius 1 is 0.651 bits per heavy atom. The molecule has 0 aliphatic carbocycles. The summed E-state index contributed by atoms with van der Waals surface area (Å²) in [7, 11) is 0. The molecular formula is C33H38O10. The highest BCUT2D eigenvalue weighted by Gasteiger charge is 2.52. The van der Waals surface area contributed by atoms with Gasteiger partial charge in [0.05, 0.1) is 31.0 Å². The van der Waals surface area contributed by atoms with Crippen LogP contribution in [0.15, 0.2) is 91.0 Å². The average Bonchev–Trinajstić information content (AvgIpc) is 3.03. The highest BCUT2D eigenvalue weighted by atomic mass is 16.7. The number of carbonyl (C=O) groups is 1. The van der Waals surface area contributed by atoms with Gasteiger partial charge in [0.15, 0.2) is 18.7 Å². The molecule has 2 aliphatic rings. The molecule has 0 radical (unpaired) electrons. The van der Waals surface area contributed by atoms with E-state index < -0.39 is 67.4 Å². The lowest BCUT2D eigenvalue weighted by Crippen LogP contribution is -2.64. The van der Waals surface area contributed by atoms with Crippen LogP contribution in [-0.4, -0.2) is 82.7 Å². The van der Waals surface area contributed by atoms with Crippen LogP contribution in [0.1, 0.15) is 35.3 Å². The maximum Gasteiger partial charge on any atom is 0.338 e. The van der Waals surface area contributed by atoms with Crippen molar-refractivity contribution in [1.82, 2.24) is 0 Å². The first-order valence-corrected chi connectivity index (χ1v) is 14.4. The van der Waals surface area contributed by atoms with Gasteiger partial charge in [-0.2, -0.15) is 0 Å². The summed E-state index contributed by atoms with van der Waals surface area (Å²) in [4.78, 5) is 13.1. The highest BCUT2D eigenvalue weighted by Crippen LogP contribution is 2.33. The topological polar surface area (TPSA) is 133 Å². The Hall–Kier alpha value is -3.19. The first kappa shape index (κ1) is 31.2. The number of hydrogen-bond acceptors (Lipinski definition) is 10. The van der Waals surface area contributed by atoms with E-state index >= 15 is 0 Å². The lowest BCUT2D eigenvalue weighted by Gasteiger charge is -2.47. The summed E-state index contributed by atoms with van der Waals surface area (Å²) in [6.07, 6.45) is -11.2. The highest BCUT2D eigenvalue weighted by molar-refractivity contribution is 5.89. The third-order valence-corrected chi connectivity index (χ3v) is 7.65. The molecule has 2 aliphatic heterocycles. The van der Waals surface area contributed by atoms with Gasteiger partial charge in [0.1, 0.15) is 30.5 Å². The molecule has 2 heterocycles. The third kappa shape index (κ3) is 7.67. The molecule has 43 heavy (non-hydrogen) atoms. The summed E-state index contributed by atoms with van der Waals surface area (Å²) in [6, 6.07) is 27.1. The molecule has 10 atom stereocenters. The summed E-state index contributed by atoms with van der Waals surface area (Å²) in [5, 5.41) is 33.1. The third-order valence-electron chi connectivity index (χ3n) is 7.65. The Labute approximate surface area is 250 Å². The molecule has 2 saturated heterocycles. The zero-order valence-electron chi connectivity index (χ0n) is 24.0. The fourth-order valence-corrected chi connectivity index (χ4v) is 5.20. The molecule has 10 heteroatoms. The van der Waals surface area contributed by atoms with Crippen molar-refractivity contribution in [3.8, 4) is 0 Å². The van der Waals surface area contributed by atoms with Crippen LogP contribution in [-0.2, 0) is 41.6 Å². The summed E-state index contributed by atoms with van der Waals surface area (Å²) in [6.45, 7) is 3.45. The minimum Gasteiger partial charge on any atom is -0.453 e. The first-order chi connectivity index (χ1) is 20.8. The molecule has 0 aromatic heterocycles. The standard InChI is InChI=1S/C33H38O10/c1-20-25(34)27(29(32(37)40-20)38-18-22-12-6-3-7-13-22)43-33-30(39-19-23-14-8-4-9-15-23)28(26(35)21(2)41-33)42-31(36)24-16-10-5-11-17-24/h3-17,20-21,25-30,32-35,37H,18-19H2,1-2H3/t20-,21-,25+,26+,27+,28+,29-,30-,32+,33-/m0/s1. The van der Waals surface area contributed by atoms with Crippen molar-refractivity contribution in [3.05, 3.63) is 108 Å². The SMILES string of the molecule is C[C@@H]1O[C@@H](O[C@@H]2[C@H](O)[C@H](C)O[C@@H](O)[C@H]2OCc2ccccc2)[C@@H](OCc2ccccc2)[C@H](OC(=O)c2ccccc2)[C@@H]1O. The number of benzene rings is 3. The van der Waals surface area contributed by atoms with E-state index in [4.69, 9.17) is 28.4 Å². The Balaban J connectivity index is 1.41. The molecule has 0 spiro atoms. The van der Waals surface area contributed by atoms with Crippen LogP contribution in [0.5, 0.6) is 0 Å². The van der Waals surface area contributed by atoms with E-state index in [0.29, 0.717) is 5.56 Å². The van der Waals surface area contributed by atoms with E-state index in [1.54, 1.807) is 44.2 Å². The lowest BCUT2D eigenvalue weighted by molar-refractivity contribution is -0.359. The fraction of sp³-hybridized carbons (Fsp3) is 0.424. The smallest absolute Gasteiger partial charge is 0.338 e. The Kier molecular flexibility index (Phi) is 10.6. The van der Waals surface area contributed by atoms with Gasteiger partial charge in [-0.1, -0.05) is 78.9 Å². The normalized spacial score (nSPS) is 32.7. The average molecular weight is 595 g/mol. The molecule has 2 fully saturated rings. The summed E-state index contributed by atoms with van der Waals surface area (Å²) < 4.78 is 36.1. The minimum atomic E-state index is -1.41. The molecule has 230 valence electrons. The number of carbonyl (C=O) groups excluding carboxylic acids is 1. The Morgan fingerprint density at radius 2 is 1.14 bits per heavy atom. The van der Waals surface area contributed by atoms with E-state index in [2.05, 4.69) is 0 Å². The van der Waals surface area contributed by atoms with E-state index in [9.17, 15) is 20.1 Å².